The molecular weight excluding hydrogens is 442 g/mol. The summed E-state index contributed by atoms with van der Waals surface area (Å²) >= 11 is 0. The maximum absolute atomic E-state index is 13.4. The molecule has 2 aromatic rings. The van der Waals surface area contributed by atoms with Gasteiger partial charge in [0.15, 0.2) is 17.3 Å². The van der Waals surface area contributed by atoms with E-state index in [2.05, 4.69) is 5.32 Å². The number of rotatable bonds is 9. The lowest BCUT2D eigenvalue weighted by atomic mass is 9.75. The molecule has 0 bridgehead atoms. The number of carbonyl (C=O) groups excluding carboxylic acids is 2. The number of Topliss-reactive ketones (excluding diaryl/α,β-unsaturated/α-hetero) is 1. The molecule has 6 nitrogen and oxygen atoms in total. The molecule has 0 saturated carbocycles. The number of benzene rings is 2. The largest absolute Gasteiger partial charge is 0.493 e. The zero-order valence-electron chi connectivity index (χ0n) is 20.7. The number of carbonyl (C=O) groups is 2. The molecule has 1 heterocycles. The fourth-order valence-corrected chi connectivity index (χ4v) is 4.77. The van der Waals surface area contributed by atoms with E-state index >= 15 is 0 Å². The van der Waals surface area contributed by atoms with Crippen molar-refractivity contribution >= 4 is 11.8 Å². The third kappa shape index (κ3) is 5.42. The summed E-state index contributed by atoms with van der Waals surface area (Å²) < 4.78 is 17.1. The van der Waals surface area contributed by atoms with Crippen LogP contribution in [0.4, 0.5) is 0 Å². The van der Waals surface area contributed by atoms with Crippen LogP contribution < -0.4 is 14.8 Å². The van der Waals surface area contributed by atoms with Crippen LogP contribution in [0.1, 0.15) is 56.6 Å². The average molecular weight is 476 g/mol. The molecule has 4 rings (SSSR count). The highest BCUT2D eigenvalue weighted by Gasteiger charge is 2.39. The van der Waals surface area contributed by atoms with Crippen LogP contribution in [-0.4, -0.2) is 32.1 Å². The van der Waals surface area contributed by atoms with Crippen LogP contribution in [0.3, 0.4) is 0 Å². The Morgan fingerprint density at radius 2 is 1.86 bits per heavy atom. The topological polar surface area (TPSA) is 73.9 Å². The lowest BCUT2D eigenvalue weighted by molar-refractivity contribution is -0.139. The van der Waals surface area contributed by atoms with Crippen molar-refractivity contribution in [2.75, 3.05) is 20.3 Å². The van der Waals surface area contributed by atoms with Gasteiger partial charge in [-0.05, 0) is 49.4 Å². The quantitative estimate of drug-likeness (QED) is 0.500. The smallest absolute Gasteiger partial charge is 0.336 e. The first-order chi connectivity index (χ1) is 17.0. The molecule has 0 fully saturated rings. The van der Waals surface area contributed by atoms with Gasteiger partial charge in [-0.3, -0.25) is 4.79 Å². The molecule has 2 aromatic carbocycles. The maximum atomic E-state index is 13.4. The van der Waals surface area contributed by atoms with Crippen molar-refractivity contribution in [1.29, 1.82) is 0 Å². The van der Waals surface area contributed by atoms with Crippen molar-refractivity contribution in [3.8, 4) is 11.5 Å². The molecule has 1 atom stereocenters. The fraction of sp³-hybridized carbons (Fsp3) is 0.379. The molecule has 1 N–H and O–H groups in total. The van der Waals surface area contributed by atoms with E-state index in [1.807, 2.05) is 62.4 Å². The van der Waals surface area contributed by atoms with E-state index in [1.165, 1.54) is 0 Å². The van der Waals surface area contributed by atoms with Gasteiger partial charge >= 0.3 is 5.97 Å². The van der Waals surface area contributed by atoms with Gasteiger partial charge in [-0.1, -0.05) is 43.3 Å². The monoisotopic (exact) mass is 475 g/mol. The number of hydrogen-bond donors (Lipinski definition) is 1. The number of ether oxygens (including phenoxy) is 3. The molecule has 6 heteroatoms. The summed E-state index contributed by atoms with van der Waals surface area (Å²) in [5, 5.41) is 3.34. The molecule has 0 spiro atoms. The number of allylic oxidation sites excluding steroid dienone is 3. The molecule has 0 radical (unpaired) electrons. The molecule has 0 saturated heterocycles. The highest BCUT2D eigenvalue weighted by atomic mass is 16.5. The Labute approximate surface area is 207 Å². The third-order valence-corrected chi connectivity index (χ3v) is 6.45. The van der Waals surface area contributed by atoms with Gasteiger partial charge in [0, 0.05) is 35.7 Å². The first-order valence-corrected chi connectivity index (χ1v) is 12.3. The van der Waals surface area contributed by atoms with Crippen molar-refractivity contribution in [1.82, 2.24) is 5.32 Å². The van der Waals surface area contributed by atoms with Crippen LogP contribution in [0.15, 0.2) is 71.1 Å². The normalized spacial score (nSPS) is 17.6. The number of esters is 1. The van der Waals surface area contributed by atoms with Gasteiger partial charge in [0.2, 0.25) is 0 Å². The Bertz CT molecular complexity index is 1150. The minimum absolute atomic E-state index is 0.0658. The fourth-order valence-electron chi connectivity index (χ4n) is 4.77. The summed E-state index contributed by atoms with van der Waals surface area (Å²) in [4.78, 5) is 26.5. The van der Waals surface area contributed by atoms with E-state index in [0.29, 0.717) is 42.1 Å². The Kier molecular flexibility index (Phi) is 7.91. The van der Waals surface area contributed by atoms with E-state index in [9.17, 15) is 9.59 Å². The van der Waals surface area contributed by atoms with E-state index in [1.54, 1.807) is 7.11 Å². The zero-order chi connectivity index (χ0) is 24.8. The van der Waals surface area contributed by atoms with Crippen LogP contribution in [0.25, 0.3) is 0 Å². The average Bonchev–Trinajstić information content (AvgIpc) is 2.87. The molecule has 184 valence electrons. The summed E-state index contributed by atoms with van der Waals surface area (Å²) in [5.74, 6) is 0.359. The minimum atomic E-state index is -0.516. The van der Waals surface area contributed by atoms with Crippen LogP contribution in [0.5, 0.6) is 11.5 Å². The van der Waals surface area contributed by atoms with Gasteiger partial charge in [-0.15, -0.1) is 0 Å². The SMILES string of the molecule is CCCOc1ccc([C@@H]2C(C(=O)OCCc3ccccc3)=C(C)NC3=C2C(=O)CCC3)cc1OC. The maximum Gasteiger partial charge on any atom is 0.336 e. The van der Waals surface area contributed by atoms with Gasteiger partial charge in [0.05, 0.1) is 25.9 Å². The Balaban J connectivity index is 1.67. The van der Waals surface area contributed by atoms with Crippen molar-refractivity contribution < 1.29 is 23.8 Å². The van der Waals surface area contributed by atoms with Gasteiger partial charge in [-0.2, -0.15) is 0 Å². The number of hydrogen-bond acceptors (Lipinski definition) is 6. The number of dihydropyridines is 1. The van der Waals surface area contributed by atoms with Gasteiger partial charge in [0.25, 0.3) is 0 Å². The highest BCUT2D eigenvalue weighted by Crippen LogP contribution is 2.44. The molecule has 1 aliphatic heterocycles. The molecule has 0 aromatic heterocycles. The van der Waals surface area contributed by atoms with Gasteiger partial charge in [-0.25, -0.2) is 4.79 Å². The molecule has 35 heavy (non-hydrogen) atoms. The van der Waals surface area contributed by atoms with E-state index < -0.39 is 11.9 Å². The second-order valence-corrected chi connectivity index (χ2v) is 8.90. The van der Waals surface area contributed by atoms with Crippen molar-refractivity contribution in [3.05, 3.63) is 82.2 Å². The predicted molar refractivity (Wildman–Crippen MR) is 134 cm³/mol. The number of nitrogens with one attached hydrogen (secondary N) is 1. The van der Waals surface area contributed by atoms with E-state index in [4.69, 9.17) is 14.2 Å². The summed E-state index contributed by atoms with van der Waals surface area (Å²) in [7, 11) is 1.59. The molecule has 1 aliphatic carbocycles. The first kappa shape index (κ1) is 24.6. The number of ketones is 1. The Hall–Kier alpha value is -3.54. The predicted octanol–water partition coefficient (Wildman–Crippen LogP) is 5.24. The highest BCUT2D eigenvalue weighted by molar-refractivity contribution is 6.03. The van der Waals surface area contributed by atoms with Crippen LogP contribution in [0, 0.1) is 0 Å². The molecule has 0 unspecified atom stereocenters. The Morgan fingerprint density at radius 3 is 2.60 bits per heavy atom. The van der Waals surface area contributed by atoms with Crippen molar-refractivity contribution in [2.45, 2.75) is 51.9 Å². The second-order valence-electron chi connectivity index (χ2n) is 8.90. The van der Waals surface area contributed by atoms with Crippen LogP contribution in [0.2, 0.25) is 0 Å². The Morgan fingerprint density at radius 1 is 1.06 bits per heavy atom. The van der Waals surface area contributed by atoms with Crippen LogP contribution in [-0.2, 0) is 20.7 Å². The summed E-state index contributed by atoms with van der Waals surface area (Å²) in [6.07, 6.45) is 3.56. The van der Waals surface area contributed by atoms with Gasteiger partial charge < -0.3 is 19.5 Å². The van der Waals surface area contributed by atoms with Crippen molar-refractivity contribution in [2.24, 2.45) is 0 Å². The van der Waals surface area contributed by atoms with E-state index in [-0.39, 0.29) is 12.4 Å². The second kappa shape index (κ2) is 11.3. The molecule has 2 aliphatic rings. The standard InChI is InChI=1S/C29H33NO5/c1-4-16-34-24-14-13-21(18-25(24)33-3)27-26(19(2)30-22-11-8-12-23(31)28(22)27)29(32)35-17-15-20-9-6-5-7-10-20/h5-7,9-10,13-14,18,27,30H,4,8,11-12,15-17H2,1-3H3/t27-/m1/s1. The first-order valence-electron chi connectivity index (χ1n) is 12.3. The molecular formula is C29H33NO5. The summed E-state index contributed by atoms with van der Waals surface area (Å²) in [6.45, 7) is 4.76. The lowest BCUT2D eigenvalue weighted by Gasteiger charge is -2.34. The number of methoxy groups -OCH3 is 1. The van der Waals surface area contributed by atoms with E-state index in [0.717, 1.165) is 41.8 Å². The minimum Gasteiger partial charge on any atom is -0.493 e. The summed E-state index contributed by atoms with van der Waals surface area (Å²) in [5.41, 5.74) is 4.65. The van der Waals surface area contributed by atoms with Gasteiger partial charge in [0.1, 0.15) is 0 Å². The molecule has 0 amide bonds. The summed E-state index contributed by atoms with van der Waals surface area (Å²) in [6, 6.07) is 15.6. The van der Waals surface area contributed by atoms with Crippen molar-refractivity contribution in [3.63, 3.8) is 0 Å². The third-order valence-electron chi connectivity index (χ3n) is 6.45. The van der Waals surface area contributed by atoms with Crippen LogP contribution >= 0.6 is 0 Å². The lowest BCUT2D eigenvalue weighted by Crippen LogP contribution is -2.34. The zero-order valence-corrected chi connectivity index (χ0v) is 20.7.